The van der Waals surface area contributed by atoms with E-state index in [0.29, 0.717) is 10.7 Å². The molecule has 1 fully saturated rings. The second-order valence-electron chi connectivity index (χ2n) is 7.95. The molecule has 1 unspecified atom stereocenters. The highest BCUT2D eigenvalue weighted by Gasteiger charge is 2.58. The summed E-state index contributed by atoms with van der Waals surface area (Å²) in [6, 6.07) is 22.3. The largest absolute Gasteiger partial charge is 0.378 e. The smallest absolute Gasteiger partial charge is 0.255 e. The number of hydrogen-bond acceptors (Lipinski definition) is 3. The average molecular weight is 434 g/mol. The van der Waals surface area contributed by atoms with Crippen molar-refractivity contribution in [2.24, 2.45) is 0 Å². The summed E-state index contributed by atoms with van der Waals surface area (Å²) in [6.45, 7) is 1.94. The fraction of sp³-hybridized carbons (Fsp3) is 0.200. The number of amides is 2. The quantitative estimate of drug-likeness (QED) is 0.577. The second-order valence-corrected chi connectivity index (χ2v) is 8.39. The molecule has 0 aromatic heterocycles. The molecule has 1 saturated heterocycles. The van der Waals surface area contributed by atoms with Crippen molar-refractivity contribution >= 4 is 40.5 Å². The van der Waals surface area contributed by atoms with E-state index in [0.717, 1.165) is 22.5 Å². The summed E-state index contributed by atoms with van der Waals surface area (Å²) in [6.07, 6.45) is 0.0919. The molecule has 1 heterocycles. The predicted molar refractivity (Wildman–Crippen MR) is 126 cm³/mol. The minimum atomic E-state index is -1.14. The van der Waals surface area contributed by atoms with Gasteiger partial charge in [0.2, 0.25) is 5.91 Å². The van der Waals surface area contributed by atoms with Gasteiger partial charge in [-0.3, -0.25) is 14.5 Å². The summed E-state index contributed by atoms with van der Waals surface area (Å²) in [5, 5.41) is 3.62. The number of β-lactam (4-membered cyclic amide) rings is 1. The van der Waals surface area contributed by atoms with Gasteiger partial charge in [0.1, 0.15) is 0 Å². The van der Waals surface area contributed by atoms with E-state index in [1.54, 1.807) is 29.2 Å². The number of rotatable bonds is 5. The first-order chi connectivity index (χ1) is 14.8. The number of aryl methyl sites for hydroxylation is 1. The predicted octanol–water partition coefficient (Wildman–Crippen LogP) is 4.99. The van der Waals surface area contributed by atoms with Crippen LogP contribution in [0.15, 0.2) is 72.8 Å². The van der Waals surface area contributed by atoms with Crippen molar-refractivity contribution in [3.8, 4) is 0 Å². The Hall–Kier alpha value is -3.31. The maximum atomic E-state index is 13.7. The highest BCUT2D eigenvalue weighted by atomic mass is 35.5. The number of carbonyl (C=O) groups is 2. The molecule has 0 aliphatic carbocycles. The van der Waals surface area contributed by atoms with Gasteiger partial charge in [-0.2, -0.15) is 0 Å². The molecular weight excluding hydrogens is 410 g/mol. The Morgan fingerprint density at radius 2 is 1.65 bits per heavy atom. The second kappa shape index (κ2) is 8.08. The molecule has 1 N–H and O–H groups in total. The molecule has 4 rings (SSSR count). The van der Waals surface area contributed by atoms with Gasteiger partial charge < -0.3 is 10.2 Å². The van der Waals surface area contributed by atoms with E-state index in [9.17, 15) is 9.59 Å². The number of para-hydroxylation sites is 1. The van der Waals surface area contributed by atoms with Crippen LogP contribution in [0.1, 0.15) is 17.5 Å². The Balaban J connectivity index is 1.80. The van der Waals surface area contributed by atoms with Gasteiger partial charge in [0.15, 0.2) is 5.54 Å². The van der Waals surface area contributed by atoms with Crippen LogP contribution in [-0.4, -0.2) is 25.9 Å². The van der Waals surface area contributed by atoms with Gasteiger partial charge in [-0.15, -0.1) is 0 Å². The van der Waals surface area contributed by atoms with Crippen molar-refractivity contribution in [3.05, 3.63) is 88.9 Å². The van der Waals surface area contributed by atoms with Crippen LogP contribution in [0.25, 0.3) is 0 Å². The van der Waals surface area contributed by atoms with Gasteiger partial charge >= 0.3 is 0 Å². The Morgan fingerprint density at radius 1 is 1.00 bits per heavy atom. The maximum absolute atomic E-state index is 13.7. The molecule has 0 spiro atoms. The summed E-state index contributed by atoms with van der Waals surface area (Å²) in [4.78, 5) is 30.1. The van der Waals surface area contributed by atoms with Gasteiger partial charge in [-0.1, -0.05) is 41.9 Å². The summed E-state index contributed by atoms with van der Waals surface area (Å²) in [7, 11) is 3.92. The maximum Gasteiger partial charge on any atom is 0.255 e. The molecular formula is C25H24ClN3O2. The van der Waals surface area contributed by atoms with Crippen LogP contribution in [0, 0.1) is 6.92 Å². The molecule has 158 valence electrons. The van der Waals surface area contributed by atoms with Crippen molar-refractivity contribution in [3.63, 3.8) is 0 Å². The Kier molecular flexibility index (Phi) is 5.46. The molecule has 31 heavy (non-hydrogen) atoms. The lowest BCUT2D eigenvalue weighted by molar-refractivity contribution is -0.137. The minimum Gasteiger partial charge on any atom is -0.378 e. The topological polar surface area (TPSA) is 52.7 Å². The van der Waals surface area contributed by atoms with Crippen molar-refractivity contribution in [1.29, 1.82) is 0 Å². The summed E-state index contributed by atoms with van der Waals surface area (Å²) < 4.78 is 0. The third kappa shape index (κ3) is 3.66. The summed E-state index contributed by atoms with van der Waals surface area (Å²) in [5.41, 5.74) is 2.96. The van der Waals surface area contributed by atoms with E-state index >= 15 is 0 Å². The zero-order chi connectivity index (χ0) is 22.2. The van der Waals surface area contributed by atoms with Crippen LogP contribution in [0.3, 0.4) is 0 Å². The van der Waals surface area contributed by atoms with Gasteiger partial charge in [0, 0.05) is 36.2 Å². The molecule has 6 heteroatoms. The first-order valence-corrected chi connectivity index (χ1v) is 10.4. The zero-order valence-corrected chi connectivity index (χ0v) is 18.5. The molecule has 3 aromatic rings. The van der Waals surface area contributed by atoms with Gasteiger partial charge in [0.25, 0.3) is 5.91 Å². The SMILES string of the molecule is Cc1ccccc1NC(=O)C1(c2ccc(N(C)C)cc2)CC(=O)N1c1ccc(Cl)cc1. The van der Waals surface area contributed by atoms with Gasteiger partial charge in [-0.05, 0) is 60.5 Å². The van der Waals surface area contributed by atoms with Crippen molar-refractivity contribution in [1.82, 2.24) is 0 Å². The van der Waals surface area contributed by atoms with Crippen LogP contribution in [0.2, 0.25) is 5.02 Å². The standard InChI is InChI=1S/C25H24ClN3O2/c1-17-6-4-5-7-22(17)27-24(31)25(18-8-12-20(13-9-18)28(2)3)16-23(30)29(25)21-14-10-19(26)11-15-21/h4-15H,16H2,1-3H3,(H,27,31). The zero-order valence-electron chi connectivity index (χ0n) is 17.7. The van der Waals surface area contributed by atoms with Crippen LogP contribution >= 0.6 is 11.6 Å². The fourth-order valence-corrected chi connectivity index (χ4v) is 4.10. The number of halogens is 1. The monoisotopic (exact) mass is 433 g/mol. The Labute approximate surface area is 187 Å². The molecule has 1 aliphatic heterocycles. The van der Waals surface area contributed by atoms with E-state index in [1.807, 2.05) is 74.4 Å². The lowest BCUT2D eigenvalue weighted by atomic mass is 9.76. The molecule has 3 aromatic carbocycles. The van der Waals surface area contributed by atoms with Gasteiger partial charge in [0.05, 0.1) is 6.42 Å². The van der Waals surface area contributed by atoms with E-state index in [2.05, 4.69) is 5.32 Å². The average Bonchev–Trinajstić information content (AvgIpc) is 2.75. The number of anilines is 3. The van der Waals surface area contributed by atoms with Crippen LogP contribution < -0.4 is 15.1 Å². The first kappa shape index (κ1) is 20.9. The molecule has 1 atom stereocenters. The highest BCUT2D eigenvalue weighted by Crippen LogP contribution is 2.46. The number of nitrogens with zero attached hydrogens (tertiary/aromatic N) is 2. The lowest BCUT2D eigenvalue weighted by Gasteiger charge is -2.50. The molecule has 0 radical (unpaired) electrons. The first-order valence-electron chi connectivity index (χ1n) is 10.1. The van der Waals surface area contributed by atoms with Gasteiger partial charge in [-0.25, -0.2) is 0 Å². The molecule has 5 nitrogen and oxygen atoms in total. The molecule has 1 aliphatic rings. The van der Waals surface area contributed by atoms with E-state index in [1.165, 1.54) is 0 Å². The number of nitrogens with one attached hydrogen (secondary N) is 1. The van der Waals surface area contributed by atoms with Crippen LogP contribution in [0.5, 0.6) is 0 Å². The molecule has 0 bridgehead atoms. The summed E-state index contributed by atoms with van der Waals surface area (Å²) >= 11 is 6.05. The fourth-order valence-electron chi connectivity index (χ4n) is 3.97. The van der Waals surface area contributed by atoms with E-state index < -0.39 is 5.54 Å². The summed E-state index contributed by atoms with van der Waals surface area (Å²) in [5.74, 6) is -0.354. The third-order valence-electron chi connectivity index (χ3n) is 5.75. The highest BCUT2D eigenvalue weighted by molar-refractivity contribution is 6.30. The molecule has 2 amide bonds. The van der Waals surface area contributed by atoms with Crippen molar-refractivity contribution < 1.29 is 9.59 Å². The van der Waals surface area contributed by atoms with Crippen LogP contribution in [0.4, 0.5) is 17.1 Å². The third-order valence-corrected chi connectivity index (χ3v) is 6.01. The normalized spacial score (nSPS) is 17.8. The molecule has 0 saturated carbocycles. The number of carbonyl (C=O) groups excluding carboxylic acids is 2. The van der Waals surface area contributed by atoms with E-state index in [-0.39, 0.29) is 18.2 Å². The Bertz CT molecular complexity index is 1130. The van der Waals surface area contributed by atoms with Crippen molar-refractivity contribution in [2.75, 3.05) is 29.2 Å². The van der Waals surface area contributed by atoms with E-state index in [4.69, 9.17) is 11.6 Å². The lowest BCUT2D eigenvalue weighted by Crippen LogP contribution is -2.67. The number of benzene rings is 3. The van der Waals surface area contributed by atoms with Crippen LogP contribution in [-0.2, 0) is 15.1 Å². The van der Waals surface area contributed by atoms with Crippen molar-refractivity contribution in [2.45, 2.75) is 18.9 Å². The minimum absolute atomic E-state index is 0.0919. The Morgan fingerprint density at radius 3 is 2.23 bits per heavy atom. The number of hydrogen-bond donors (Lipinski definition) is 1.